The van der Waals surface area contributed by atoms with E-state index in [0.717, 1.165) is 22.8 Å². The van der Waals surface area contributed by atoms with Gasteiger partial charge in [-0.15, -0.1) is 0 Å². The molecule has 0 atom stereocenters. The standard InChI is InChI=1S/C10H13ClN2/c11-10-5-8(12)2-1-7(10)6-13-9-3-4-9/h1-2,5,9,13H,3-4,6,12H2. The Morgan fingerprint density at radius 3 is 2.85 bits per heavy atom. The van der Waals surface area contributed by atoms with Gasteiger partial charge in [0, 0.05) is 23.3 Å². The van der Waals surface area contributed by atoms with Gasteiger partial charge in [-0.05, 0) is 30.5 Å². The number of halogens is 1. The Bertz CT molecular complexity index is 308. The second-order valence-corrected chi connectivity index (χ2v) is 3.91. The van der Waals surface area contributed by atoms with Crippen LogP contribution in [-0.2, 0) is 6.54 Å². The molecule has 0 bridgehead atoms. The molecule has 2 rings (SSSR count). The molecule has 3 N–H and O–H groups in total. The van der Waals surface area contributed by atoms with Crippen LogP contribution in [0, 0.1) is 0 Å². The zero-order chi connectivity index (χ0) is 9.26. The summed E-state index contributed by atoms with van der Waals surface area (Å²) in [5.74, 6) is 0. The van der Waals surface area contributed by atoms with E-state index < -0.39 is 0 Å². The van der Waals surface area contributed by atoms with E-state index in [1.54, 1.807) is 6.07 Å². The normalized spacial score (nSPS) is 16.1. The van der Waals surface area contributed by atoms with Crippen molar-refractivity contribution >= 4 is 17.3 Å². The molecule has 2 nitrogen and oxygen atoms in total. The van der Waals surface area contributed by atoms with Crippen LogP contribution in [0.4, 0.5) is 5.69 Å². The third-order valence-electron chi connectivity index (χ3n) is 2.24. The van der Waals surface area contributed by atoms with Crippen LogP contribution in [0.1, 0.15) is 18.4 Å². The van der Waals surface area contributed by atoms with Gasteiger partial charge in [0.2, 0.25) is 0 Å². The minimum Gasteiger partial charge on any atom is -0.399 e. The summed E-state index contributed by atoms with van der Waals surface area (Å²) in [5, 5.41) is 4.17. The number of nitrogens with two attached hydrogens (primary N) is 1. The molecule has 1 saturated carbocycles. The Morgan fingerprint density at radius 1 is 1.46 bits per heavy atom. The number of nitrogen functional groups attached to an aromatic ring is 1. The fourth-order valence-corrected chi connectivity index (χ4v) is 1.50. The average Bonchev–Trinajstić information content (AvgIpc) is 2.86. The summed E-state index contributed by atoms with van der Waals surface area (Å²) in [6.07, 6.45) is 2.60. The van der Waals surface area contributed by atoms with Crippen molar-refractivity contribution in [1.82, 2.24) is 5.32 Å². The molecule has 0 aromatic heterocycles. The van der Waals surface area contributed by atoms with Gasteiger partial charge in [-0.2, -0.15) is 0 Å². The summed E-state index contributed by atoms with van der Waals surface area (Å²) in [4.78, 5) is 0. The SMILES string of the molecule is Nc1ccc(CNC2CC2)c(Cl)c1. The number of rotatable bonds is 3. The molecule has 0 heterocycles. The van der Waals surface area contributed by atoms with Crippen LogP contribution in [0.15, 0.2) is 18.2 Å². The highest BCUT2D eigenvalue weighted by atomic mass is 35.5. The quantitative estimate of drug-likeness (QED) is 0.728. The van der Waals surface area contributed by atoms with Crippen molar-refractivity contribution in [3.05, 3.63) is 28.8 Å². The Hall–Kier alpha value is -0.730. The highest BCUT2D eigenvalue weighted by Crippen LogP contribution is 2.22. The van der Waals surface area contributed by atoms with E-state index in [1.165, 1.54) is 12.8 Å². The van der Waals surface area contributed by atoms with E-state index in [0.29, 0.717) is 6.04 Å². The van der Waals surface area contributed by atoms with Gasteiger partial charge in [-0.3, -0.25) is 0 Å². The van der Waals surface area contributed by atoms with Crippen molar-refractivity contribution in [2.24, 2.45) is 0 Å². The molecule has 3 heteroatoms. The summed E-state index contributed by atoms with van der Waals surface area (Å²) < 4.78 is 0. The lowest BCUT2D eigenvalue weighted by molar-refractivity contribution is 0.688. The van der Waals surface area contributed by atoms with Gasteiger partial charge in [0.15, 0.2) is 0 Å². The predicted octanol–water partition coefficient (Wildman–Crippen LogP) is 2.17. The van der Waals surface area contributed by atoms with Crippen LogP contribution in [0.3, 0.4) is 0 Å². The van der Waals surface area contributed by atoms with Crippen molar-refractivity contribution in [1.29, 1.82) is 0 Å². The maximum atomic E-state index is 6.01. The molecule has 70 valence electrons. The number of hydrogen-bond acceptors (Lipinski definition) is 2. The molecular formula is C10H13ClN2. The Morgan fingerprint density at radius 2 is 2.23 bits per heavy atom. The minimum absolute atomic E-state index is 0.716. The molecule has 0 amide bonds. The smallest absolute Gasteiger partial charge is 0.0471 e. The number of nitrogens with one attached hydrogen (secondary N) is 1. The van der Waals surface area contributed by atoms with E-state index in [-0.39, 0.29) is 0 Å². The lowest BCUT2D eigenvalue weighted by atomic mass is 10.2. The summed E-state index contributed by atoms with van der Waals surface area (Å²) in [6.45, 7) is 0.851. The first-order valence-electron chi connectivity index (χ1n) is 4.53. The maximum Gasteiger partial charge on any atom is 0.0471 e. The molecule has 0 aliphatic heterocycles. The first-order chi connectivity index (χ1) is 6.25. The van der Waals surface area contributed by atoms with E-state index in [4.69, 9.17) is 17.3 Å². The second-order valence-electron chi connectivity index (χ2n) is 3.51. The summed E-state index contributed by atoms with van der Waals surface area (Å²) in [5.41, 5.74) is 7.44. The van der Waals surface area contributed by atoms with Crippen molar-refractivity contribution in [2.45, 2.75) is 25.4 Å². The molecule has 13 heavy (non-hydrogen) atoms. The lowest BCUT2D eigenvalue weighted by Crippen LogP contribution is -2.15. The minimum atomic E-state index is 0.716. The summed E-state index contributed by atoms with van der Waals surface area (Å²) >= 11 is 6.01. The molecule has 1 fully saturated rings. The first-order valence-corrected chi connectivity index (χ1v) is 4.91. The Labute approximate surface area is 83.1 Å². The van der Waals surface area contributed by atoms with Gasteiger partial charge in [0.05, 0.1) is 0 Å². The fraction of sp³-hybridized carbons (Fsp3) is 0.400. The van der Waals surface area contributed by atoms with Gasteiger partial charge in [-0.25, -0.2) is 0 Å². The molecule has 1 aromatic rings. The van der Waals surface area contributed by atoms with E-state index in [9.17, 15) is 0 Å². The fourth-order valence-electron chi connectivity index (χ4n) is 1.25. The van der Waals surface area contributed by atoms with E-state index in [2.05, 4.69) is 5.32 Å². The van der Waals surface area contributed by atoms with Gasteiger partial charge in [0.1, 0.15) is 0 Å². The molecule has 0 spiro atoms. The van der Waals surface area contributed by atoms with Crippen molar-refractivity contribution in [3.8, 4) is 0 Å². The molecule has 0 unspecified atom stereocenters. The number of anilines is 1. The van der Waals surface area contributed by atoms with Crippen LogP contribution in [0.2, 0.25) is 5.02 Å². The van der Waals surface area contributed by atoms with Gasteiger partial charge in [0.25, 0.3) is 0 Å². The van der Waals surface area contributed by atoms with Crippen LogP contribution >= 0.6 is 11.6 Å². The molecule has 0 saturated heterocycles. The first kappa shape index (κ1) is 8.85. The molecule has 0 radical (unpaired) electrons. The average molecular weight is 197 g/mol. The van der Waals surface area contributed by atoms with E-state index >= 15 is 0 Å². The zero-order valence-electron chi connectivity index (χ0n) is 7.39. The lowest BCUT2D eigenvalue weighted by Gasteiger charge is -2.05. The largest absolute Gasteiger partial charge is 0.399 e. The molecular weight excluding hydrogens is 184 g/mol. The molecule has 1 aliphatic carbocycles. The Balaban J connectivity index is 2.01. The highest BCUT2D eigenvalue weighted by molar-refractivity contribution is 6.31. The Kier molecular flexibility index (Phi) is 2.42. The van der Waals surface area contributed by atoms with Crippen LogP contribution in [0.25, 0.3) is 0 Å². The summed E-state index contributed by atoms with van der Waals surface area (Å²) in [6, 6.07) is 6.38. The third-order valence-corrected chi connectivity index (χ3v) is 2.59. The van der Waals surface area contributed by atoms with Gasteiger partial charge < -0.3 is 11.1 Å². The second kappa shape index (κ2) is 3.56. The van der Waals surface area contributed by atoms with Crippen molar-refractivity contribution in [3.63, 3.8) is 0 Å². The number of benzene rings is 1. The van der Waals surface area contributed by atoms with Gasteiger partial charge in [-0.1, -0.05) is 17.7 Å². The van der Waals surface area contributed by atoms with Crippen LogP contribution in [0.5, 0.6) is 0 Å². The van der Waals surface area contributed by atoms with Crippen molar-refractivity contribution < 1.29 is 0 Å². The highest BCUT2D eigenvalue weighted by Gasteiger charge is 2.20. The third kappa shape index (κ3) is 2.36. The topological polar surface area (TPSA) is 38.0 Å². The number of hydrogen-bond donors (Lipinski definition) is 2. The van der Waals surface area contributed by atoms with E-state index in [1.807, 2.05) is 12.1 Å². The van der Waals surface area contributed by atoms with Crippen LogP contribution in [-0.4, -0.2) is 6.04 Å². The summed E-state index contributed by atoms with van der Waals surface area (Å²) in [7, 11) is 0. The maximum absolute atomic E-state index is 6.01. The monoisotopic (exact) mass is 196 g/mol. The molecule has 1 aromatic carbocycles. The van der Waals surface area contributed by atoms with Gasteiger partial charge >= 0.3 is 0 Å². The van der Waals surface area contributed by atoms with Crippen molar-refractivity contribution in [2.75, 3.05) is 5.73 Å². The molecule has 1 aliphatic rings. The van der Waals surface area contributed by atoms with Crippen LogP contribution < -0.4 is 11.1 Å². The predicted molar refractivity (Wildman–Crippen MR) is 55.7 cm³/mol. The zero-order valence-corrected chi connectivity index (χ0v) is 8.14.